The lowest BCUT2D eigenvalue weighted by Gasteiger charge is -2.25. The molecule has 6 heteroatoms. The molecule has 17 heavy (non-hydrogen) atoms. The molecule has 0 saturated carbocycles. The molecule has 0 aliphatic carbocycles. The predicted molar refractivity (Wildman–Crippen MR) is 61.2 cm³/mol. The summed E-state index contributed by atoms with van der Waals surface area (Å²) in [5, 5.41) is 18.4. The fourth-order valence-electron chi connectivity index (χ4n) is 2.11. The maximum absolute atomic E-state index is 12.0. The number of rotatable bonds is 4. The van der Waals surface area contributed by atoms with Crippen molar-refractivity contribution in [3.8, 4) is 0 Å². The summed E-state index contributed by atoms with van der Waals surface area (Å²) in [6.45, 7) is 3.95. The van der Waals surface area contributed by atoms with Crippen LogP contribution in [0, 0.1) is 5.92 Å². The molecule has 6 nitrogen and oxygen atoms in total. The van der Waals surface area contributed by atoms with Crippen LogP contribution in [-0.2, 0) is 9.59 Å². The van der Waals surface area contributed by atoms with Crippen LogP contribution in [0.25, 0.3) is 0 Å². The Morgan fingerprint density at radius 1 is 1.47 bits per heavy atom. The number of carboxylic acid groups (broad SMARTS) is 1. The van der Waals surface area contributed by atoms with E-state index < -0.39 is 24.2 Å². The molecule has 1 saturated heterocycles. The summed E-state index contributed by atoms with van der Waals surface area (Å²) in [6.07, 6.45) is -0.181. The summed E-state index contributed by atoms with van der Waals surface area (Å²) in [5.41, 5.74) is 5.74. The van der Waals surface area contributed by atoms with Gasteiger partial charge in [-0.1, -0.05) is 13.8 Å². The number of β-amino-alcohol motifs (C(OH)–C–C–N with tert-alkyl or cyclic N) is 1. The lowest BCUT2D eigenvalue weighted by molar-refractivity contribution is -0.148. The molecule has 0 aromatic heterocycles. The van der Waals surface area contributed by atoms with E-state index in [0.29, 0.717) is 6.42 Å². The number of nitrogens with two attached hydrogens (primary N) is 1. The Hall–Kier alpha value is -1.14. The number of carbonyl (C=O) groups is 2. The monoisotopic (exact) mass is 244 g/mol. The van der Waals surface area contributed by atoms with Gasteiger partial charge in [0.2, 0.25) is 5.91 Å². The van der Waals surface area contributed by atoms with Crippen molar-refractivity contribution in [3.05, 3.63) is 0 Å². The zero-order valence-electron chi connectivity index (χ0n) is 10.2. The maximum atomic E-state index is 12.0. The van der Waals surface area contributed by atoms with Crippen molar-refractivity contribution in [2.45, 2.75) is 44.9 Å². The lowest BCUT2D eigenvalue weighted by Crippen LogP contribution is -2.49. The number of aliphatic hydroxyl groups is 1. The summed E-state index contributed by atoms with van der Waals surface area (Å²) in [7, 11) is 0. The average Bonchev–Trinajstić information content (AvgIpc) is 2.58. The molecule has 0 spiro atoms. The zero-order valence-corrected chi connectivity index (χ0v) is 10.2. The molecule has 1 aliphatic heterocycles. The number of likely N-dealkylation sites (tertiary alicyclic amines) is 1. The molecule has 1 amide bonds. The summed E-state index contributed by atoms with van der Waals surface area (Å²) in [6, 6.07) is -1.64. The largest absolute Gasteiger partial charge is 0.480 e. The van der Waals surface area contributed by atoms with Gasteiger partial charge in [0, 0.05) is 13.0 Å². The van der Waals surface area contributed by atoms with Crippen molar-refractivity contribution in [1.82, 2.24) is 4.90 Å². The van der Waals surface area contributed by atoms with Gasteiger partial charge in [-0.2, -0.15) is 0 Å². The molecule has 0 aromatic rings. The van der Waals surface area contributed by atoms with Crippen molar-refractivity contribution in [2.75, 3.05) is 6.54 Å². The number of aliphatic hydroxyl groups excluding tert-OH is 1. The third-order valence-corrected chi connectivity index (χ3v) is 2.89. The molecule has 1 unspecified atom stereocenters. The molecular weight excluding hydrogens is 224 g/mol. The van der Waals surface area contributed by atoms with E-state index in [1.807, 2.05) is 13.8 Å². The van der Waals surface area contributed by atoms with Crippen LogP contribution >= 0.6 is 0 Å². The van der Waals surface area contributed by atoms with E-state index in [-0.39, 0.29) is 24.8 Å². The Morgan fingerprint density at radius 3 is 2.53 bits per heavy atom. The predicted octanol–water partition coefficient (Wildman–Crippen LogP) is -0.594. The molecule has 0 bridgehead atoms. The second-order valence-corrected chi connectivity index (χ2v) is 4.97. The van der Waals surface area contributed by atoms with Gasteiger partial charge in [0.25, 0.3) is 0 Å². The third kappa shape index (κ3) is 3.41. The van der Waals surface area contributed by atoms with Crippen LogP contribution in [0.15, 0.2) is 0 Å². The minimum Gasteiger partial charge on any atom is -0.480 e. The van der Waals surface area contributed by atoms with E-state index in [4.69, 9.17) is 10.8 Å². The fraction of sp³-hybridized carbons (Fsp3) is 0.818. The fourth-order valence-corrected chi connectivity index (χ4v) is 2.11. The molecule has 0 radical (unpaired) electrons. The van der Waals surface area contributed by atoms with Gasteiger partial charge in [0.05, 0.1) is 12.1 Å². The SMILES string of the molecule is CC(C)CC(N)C(=O)N1C[C@@H](O)C[C@H]1C(=O)O. The van der Waals surface area contributed by atoms with Crippen molar-refractivity contribution in [2.24, 2.45) is 11.7 Å². The van der Waals surface area contributed by atoms with Crippen LogP contribution in [-0.4, -0.2) is 51.7 Å². The van der Waals surface area contributed by atoms with Crippen LogP contribution < -0.4 is 5.73 Å². The number of nitrogens with zero attached hydrogens (tertiary/aromatic N) is 1. The molecule has 1 heterocycles. The molecule has 3 atom stereocenters. The Balaban J connectivity index is 2.70. The van der Waals surface area contributed by atoms with Gasteiger partial charge in [-0.05, 0) is 12.3 Å². The number of hydrogen-bond donors (Lipinski definition) is 3. The van der Waals surface area contributed by atoms with Crippen LogP contribution in [0.2, 0.25) is 0 Å². The summed E-state index contributed by atoms with van der Waals surface area (Å²) in [5.74, 6) is -1.21. The molecular formula is C11H20N2O4. The first-order valence-corrected chi connectivity index (χ1v) is 5.79. The first-order valence-electron chi connectivity index (χ1n) is 5.79. The van der Waals surface area contributed by atoms with Gasteiger partial charge in [0.15, 0.2) is 0 Å². The molecule has 1 rings (SSSR count). The van der Waals surface area contributed by atoms with Gasteiger partial charge in [-0.25, -0.2) is 4.79 Å². The number of amides is 1. The normalized spacial score (nSPS) is 26.3. The topological polar surface area (TPSA) is 104 Å². The highest BCUT2D eigenvalue weighted by molar-refractivity contribution is 5.87. The molecule has 1 aliphatic rings. The second-order valence-electron chi connectivity index (χ2n) is 4.97. The summed E-state index contributed by atoms with van der Waals surface area (Å²) >= 11 is 0. The molecule has 0 aromatic carbocycles. The van der Waals surface area contributed by atoms with E-state index in [2.05, 4.69) is 0 Å². The first-order chi connectivity index (χ1) is 7.82. The highest BCUT2D eigenvalue weighted by Crippen LogP contribution is 2.20. The Kier molecular flexibility index (Phi) is 4.47. The zero-order chi connectivity index (χ0) is 13.2. The smallest absolute Gasteiger partial charge is 0.326 e. The number of carbonyl (C=O) groups excluding carboxylic acids is 1. The van der Waals surface area contributed by atoms with E-state index in [1.165, 1.54) is 4.90 Å². The van der Waals surface area contributed by atoms with Gasteiger partial charge in [-0.3, -0.25) is 4.79 Å². The van der Waals surface area contributed by atoms with Crippen molar-refractivity contribution < 1.29 is 19.8 Å². The summed E-state index contributed by atoms with van der Waals surface area (Å²) in [4.78, 5) is 24.1. The molecule has 4 N–H and O–H groups in total. The standard InChI is InChI=1S/C11H20N2O4/c1-6(2)3-8(12)10(15)13-5-7(14)4-9(13)11(16)17/h6-9,14H,3-5,12H2,1-2H3,(H,16,17)/t7-,8?,9-/m0/s1. The van der Waals surface area contributed by atoms with Gasteiger partial charge >= 0.3 is 5.97 Å². The van der Waals surface area contributed by atoms with Crippen LogP contribution in [0.3, 0.4) is 0 Å². The Bertz CT molecular complexity index is 306. The highest BCUT2D eigenvalue weighted by Gasteiger charge is 2.40. The quantitative estimate of drug-likeness (QED) is 0.613. The van der Waals surface area contributed by atoms with E-state index in [0.717, 1.165) is 0 Å². The number of hydrogen-bond acceptors (Lipinski definition) is 4. The van der Waals surface area contributed by atoms with Gasteiger partial charge in [-0.15, -0.1) is 0 Å². The van der Waals surface area contributed by atoms with Gasteiger partial charge < -0.3 is 20.8 Å². The molecule has 98 valence electrons. The summed E-state index contributed by atoms with van der Waals surface area (Å²) < 4.78 is 0. The van der Waals surface area contributed by atoms with E-state index in [1.54, 1.807) is 0 Å². The van der Waals surface area contributed by atoms with E-state index >= 15 is 0 Å². The van der Waals surface area contributed by atoms with Crippen molar-refractivity contribution in [3.63, 3.8) is 0 Å². The minimum atomic E-state index is -1.09. The average molecular weight is 244 g/mol. The van der Waals surface area contributed by atoms with Crippen LogP contribution in [0.4, 0.5) is 0 Å². The van der Waals surface area contributed by atoms with Gasteiger partial charge in [0.1, 0.15) is 6.04 Å². The minimum absolute atomic E-state index is 0.0571. The Morgan fingerprint density at radius 2 is 2.06 bits per heavy atom. The first kappa shape index (κ1) is 13.9. The van der Waals surface area contributed by atoms with Crippen LogP contribution in [0.1, 0.15) is 26.7 Å². The highest BCUT2D eigenvalue weighted by atomic mass is 16.4. The molecule has 1 fully saturated rings. The lowest BCUT2D eigenvalue weighted by atomic mass is 10.0. The third-order valence-electron chi connectivity index (χ3n) is 2.89. The van der Waals surface area contributed by atoms with Crippen molar-refractivity contribution in [1.29, 1.82) is 0 Å². The van der Waals surface area contributed by atoms with Crippen LogP contribution in [0.5, 0.6) is 0 Å². The van der Waals surface area contributed by atoms with Crippen molar-refractivity contribution >= 4 is 11.9 Å². The number of carboxylic acids is 1. The Labute approximate surface area is 100 Å². The van der Waals surface area contributed by atoms with E-state index in [9.17, 15) is 14.7 Å². The number of aliphatic carboxylic acids is 1. The maximum Gasteiger partial charge on any atom is 0.326 e. The second kappa shape index (κ2) is 5.46.